The molecule has 5 heteroatoms. The maximum absolute atomic E-state index is 8.72. The molecule has 18 heavy (non-hydrogen) atoms. The Balaban J connectivity index is 1.60. The minimum Gasteiger partial charge on any atom is -0.344 e. The Kier molecular flexibility index (Phi) is 3.48. The van der Waals surface area contributed by atoms with Gasteiger partial charge in [0.25, 0.3) is 0 Å². The van der Waals surface area contributed by atoms with Gasteiger partial charge in [-0.15, -0.1) is 11.3 Å². The summed E-state index contributed by atoms with van der Waals surface area (Å²) in [6.07, 6.45) is 5.72. The van der Waals surface area contributed by atoms with E-state index in [0.717, 1.165) is 30.0 Å². The summed E-state index contributed by atoms with van der Waals surface area (Å²) in [4.78, 5) is 7.01. The van der Waals surface area contributed by atoms with Gasteiger partial charge in [0.2, 0.25) is 0 Å². The van der Waals surface area contributed by atoms with Crippen molar-refractivity contribution in [3.05, 3.63) is 11.1 Å². The Bertz CT molecular complexity index is 442. The average molecular weight is 262 g/mol. The molecule has 1 aromatic rings. The summed E-state index contributed by atoms with van der Waals surface area (Å²) >= 11 is 1.71. The summed E-state index contributed by atoms with van der Waals surface area (Å²) < 4.78 is 0. The first-order chi connectivity index (χ1) is 8.86. The first-order valence-electron chi connectivity index (χ1n) is 6.68. The molecule has 0 radical (unpaired) electrons. The van der Waals surface area contributed by atoms with Crippen LogP contribution in [0.5, 0.6) is 0 Å². The van der Waals surface area contributed by atoms with Gasteiger partial charge in [0.1, 0.15) is 0 Å². The smallest absolute Gasteiger partial charge is 0.185 e. The topological polar surface area (TPSA) is 52.0 Å². The number of nitriles is 1. The Labute approximate surface area is 112 Å². The predicted octanol–water partition coefficient (Wildman–Crippen LogP) is 2.28. The number of hydrogen-bond donors (Lipinski definition) is 1. The van der Waals surface area contributed by atoms with Crippen LogP contribution in [0.25, 0.3) is 0 Å². The van der Waals surface area contributed by atoms with Gasteiger partial charge in [0.05, 0.1) is 18.2 Å². The number of rotatable bonds is 7. The summed E-state index contributed by atoms with van der Waals surface area (Å²) in [6, 6.07) is 3.59. The van der Waals surface area contributed by atoms with Crippen molar-refractivity contribution < 1.29 is 0 Å². The zero-order valence-electron chi connectivity index (χ0n) is 10.4. The highest BCUT2D eigenvalue weighted by Gasteiger charge is 2.30. The van der Waals surface area contributed by atoms with Gasteiger partial charge in [-0.25, -0.2) is 4.98 Å². The van der Waals surface area contributed by atoms with E-state index < -0.39 is 0 Å². The van der Waals surface area contributed by atoms with Crippen molar-refractivity contribution >= 4 is 16.5 Å². The van der Waals surface area contributed by atoms with Gasteiger partial charge in [-0.3, -0.25) is 0 Å². The van der Waals surface area contributed by atoms with Crippen LogP contribution in [-0.2, 0) is 6.54 Å². The quantitative estimate of drug-likeness (QED) is 0.819. The molecule has 2 aliphatic rings. The lowest BCUT2D eigenvalue weighted by Crippen LogP contribution is -2.26. The van der Waals surface area contributed by atoms with Crippen LogP contribution in [-0.4, -0.2) is 23.6 Å². The van der Waals surface area contributed by atoms with Crippen LogP contribution in [0.2, 0.25) is 0 Å². The number of anilines is 1. The summed E-state index contributed by atoms with van der Waals surface area (Å²) in [7, 11) is 0. The third-order valence-electron chi connectivity index (χ3n) is 3.39. The average Bonchev–Trinajstić information content (AvgIpc) is 3.28. The lowest BCUT2D eigenvalue weighted by Gasteiger charge is -2.19. The lowest BCUT2D eigenvalue weighted by atomic mass is 10.4. The van der Waals surface area contributed by atoms with Crippen LogP contribution in [0.3, 0.4) is 0 Å². The van der Waals surface area contributed by atoms with E-state index in [1.807, 2.05) is 0 Å². The van der Waals surface area contributed by atoms with E-state index in [9.17, 15) is 0 Å². The van der Waals surface area contributed by atoms with Gasteiger partial charge in [0, 0.05) is 30.6 Å². The molecule has 0 aliphatic heterocycles. The first-order valence-corrected chi connectivity index (χ1v) is 7.56. The highest BCUT2D eigenvalue weighted by molar-refractivity contribution is 7.13. The highest BCUT2D eigenvalue weighted by atomic mass is 32.1. The maximum atomic E-state index is 8.72. The molecule has 0 saturated heterocycles. The number of aromatic nitrogens is 1. The second-order valence-electron chi connectivity index (χ2n) is 5.11. The molecule has 2 saturated carbocycles. The summed E-state index contributed by atoms with van der Waals surface area (Å²) in [5.41, 5.74) is 1.14. The van der Waals surface area contributed by atoms with E-state index in [1.165, 1.54) is 25.7 Å². The van der Waals surface area contributed by atoms with Gasteiger partial charge < -0.3 is 10.2 Å². The molecule has 1 N–H and O–H groups in total. The van der Waals surface area contributed by atoms with E-state index in [1.54, 1.807) is 11.3 Å². The second-order valence-corrected chi connectivity index (χ2v) is 5.95. The fourth-order valence-electron chi connectivity index (χ4n) is 2.04. The van der Waals surface area contributed by atoms with Gasteiger partial charge >= 0.3 is 0 Å². The van der Waals surface area contributed by atoms with Crippen molar-refractivity contribution in [2.24, 2.45) is 0 Å². The van der Waals surface area contributed by atoms with Gasteiger partial charge in [-0.05, 0) is 25.7 Å². The largest absolute Gasteiger partial charge is 0.344 e. The molecular weight excluding hydrogens is 244 g/mol. The Morgan fingerprint density at radius 1 is 1.44 bits per heavy atom. The Morgan fingerprint density at radius 2 is 2.28 bits per heavy atom. The van der Waals surface area contributed by atoms with Crippen LogP contribution in [0.1, 0.15) is 37.8 Å². The summed E-state index contributed by atoms with van der Waals surface area (Å²) in [5, 5.41) is 15.4. The van der Waals surface area contributed by atoms with Crippen LogP contribution < -0.4 is 10.2 Å². The van der Waals surface area contributed by atoms with Crippen LogP contribution in [0.15, 0.2) is 5.38 Å². The molecule has 2 fully saturated rings. The summed E-state index contributed by atoms with van der Waals surface area (Å²) in [6.45, 7) is 1.71. The number of thiazole rings is 1. The number of nitrogens with zero attached hydrogens (tertiary/aromatic N) is 3. The first kappa shape index (κ1) is 11.9. The predicted molar refractivity (Wildman–Crippen MR) is 72.6 cm³/mol. The van der Waals surface area contributed by atoms with Crippen molar-refractivity contribution in [1.29, 1.82) is 5.26 Å². The minimum absolute atomic E-state index is 0.589. The fourth-order valence-corrected chi connectivity index (χ4v) is 2.96. The van der Waals surface area contributed by atoms with Crippen molar-refractivity contribution in [1.82, 2.24) is 10.3 Å². The standard InChI is InChI=1S/C13H18N4S/c14-6-1-7-17(12-4-5-12)13-16-11(9-18-13)8-15-10-2-3-10/h9-10,12,15H,1-5,7-8H2. The molecule has 0 bridgehead atoms. The van der Waals surface area contributed by atoms with Crippen LogP contribution >= 0.6 is 11.3 Å². The number of hydrogen-bond acceptors (Lipinski definition) is 5. The van der Waals surface area contributed by atoms with Gasteiger partial charge in [0.15, 0.2) is 5.13 Å². The zero-order valence-corrected chi connectivity index (χ0v) is 11.2. The minimum atomic E-state index is 0.589. The highest BCUT2D eigenvalue weighted by Crippen LogP contribution is 2.33. The molecule has 96 valence electrons. The van der Waals surface area contributed by atoms with Crippen molar-refractivity contribution in [2.45, 2.75) is 50.7 Å². The van der Waals surface area contributed by atoms with E-state index in [-0.39, 0.29) is 0 Å². The molecule has 2 aliphatic carbocycles. The third kappa shape index (κ3) is 3.01. The van der Waals surface area contributed by atoms with Gasteiger partial charge in [-0.1, -0.05) is 0 Å². The molecule has 0 unspecified atom stereocenters. The van der Waals surface area contributed by atoms with Crippen molar-refractivity contribution in [3.8, 4) is 6.07 Å². The van der Waals surface area contributed by atoms with Gasteiger partial charge in [-0.2, -0.15) is 5.26 Å². The molecule has 4 nitrogen and oxygen atoms in total. The van der Waals surface area contributed by atoms with Crippen LogP contribution in [0.4, 0.5) is 5.13 Å². The molecule has 1 aromatic heterocycles. The molecular formula is C13H18N4S. The molecule has 3 rings (SSSR count). The zero-order chi connectivity index (χ0) is 12.4. The summed E-state index contributed by atoms with van der Waals surface area (Å²) in [5.74, 6) is 0. The normalized spacial score (nSPS) is 18.6. The van der Waals surface area contributed by atoms with E-state index >= 15 is 0 Å². The lowest BCUT2D eigenvalue weighted by molar-refractivity contribution is 0.675. The molecule has 0 spiro atoms. The Morgan fingerprint density at radius 3 is 2.94 bits per heavy atom. The second kappa shape index (κ2) is 5.25. The molecule has 0 amide bonds. The van der Waals surface area contributed by atoms with Crippen molar-refractivity contribution in [2.75, 3.05) is 11.4 Å². The monoisotopic (exact) mass is 262 g/mol. The molecule has 0 atom stereocenters. The molecule has 0 aromatic carbocycles. The van der Waals surface area contributed by atoms with E-state index in [4.69, 9.17) is 10.2 Å². The SMILES string of the molecule is N#CCCN(c1nc(CNC2CC2)cs1)C1CC1. The molecule has 1 heterocycles. The maximum Gasteiger partial charge on any atom is 0.185 e. The van der Waals surface area contributed by atoms with E-state index in [2.05, 4.69) is 21.7 Å². The third-order valence-corrected chi connectivity index (χ3v) is 4.31. The van der Waals surface area contributed by atoms with Crippen molar-refractivity contribution in [3.63, 3.8) is 0 Å². The Hall–Kier alpha value is -1.12. The fraction of sp³-hybridized carbons (Fsp3) is 0.692. The van der Waals surface area contributed by atoms with Crippen LogP contribution in [0, 0.1) is 11.3 Å². The van der Waals surface area contributed by atoms with E-state index in [0.29, 0.717) is 12.5 Å². The number of nitrogens with one attached hydrogen (secondary N) is 1.